The molecule has 0 atom stereocenters. The van der Waals surface area contributed by atoms with Crippen LogP contribution in [0.3, 0.4) is 0 Å². The van der Waals surface area contributed by atoms with Gasteiger partial charge in [-0.1, -0.05) is 13.3 Å². The van der Waals surface area contributed by atoms with Gasteiger partial charge in [-0.25, -0.2) is 4.79 Å². The average molecular weight is 296 g/mol. The van der Waals surface area contributed by atoms with Crippen LogP contribution in [0.1, 0.15) is 30.2 Å². The van der Waals surface area contributed by atoms with Crippen LogP contribution >= 0.6 is 11.3 Å². The van der Waals surface area contributed by atoms with Gasteiger partial charge in [0.2, 0.25) is 5.91 Å². The lowest BCUT2D eigenvalue weighted by Gasteiger charge is -2.20. The maximum Gasteiger partial charge on any atom is 0.328 e. The molecule has 0 aromatic carbocycles. The number of amides is 1. The summed E-state index contributed by atoms with van der Waals surface area (Å²) in [7, 11) is 0. The molecule has 0 unspecified atom stereocenters. The number of hydrogen-bond acceptors (Lipinski definition) is 4. The van der Waals surface area contributed by atoms with Gasteiger partial charge in [-0.05, 0) is 36.1 Å². The largest absolute Gasteiger partial charge is 0.478 e. The zero-order chi connectivity index (χ0) is 15.0. The Kier molecular flexibility index (Phi) is 6.97. The van der Waals surface area contributed by atoms with Gasteiger partial charge >= 0.3 is 5.97 Å². The SMILES string of the molecule is CCCCN(CC(N)=O)Cc1sccc1C=CC(=O)O. The highest BCUT2D eigenvalue weighted by molar-refractivity contribution is 7.10. The molecule has 1 aromatic heterocycles. The van der Waals surface area contributed by atoms with E-state index < -0.39 is 5.97 Å². The van der Waals surface area contributed by atoms with Crippen LogP contribution in [0.4, 0.5) is 0 Å². The fraction of sp³-hybridized carbons (Fsp3) is 0.429. The number of unbranched alkanes of at least 4 members (excludes halogenated alkanes) is 1. The zero-order valence-corrected chi connectivity index (χ0v) is 12.4. The van der Waals surface area contributed by atoms with Crippen molar-refractivity contribution in [3.63, 3.8) is 0 Å². The first-order valence-corrected chi connectivity index (χ1v) is 7.39. The molecule has 0 saturated heterocycles. The van der Waals surface area contributed by atoms with Crippen LogP contribution in [0, 0.1) is 0 Å². The first-order chi connectivity index (χ1) is 9.52. The maximum atomic E-state index is 11.1. The Labute approximate surface area is 122 Å². The molecule has 0 aliphatic carbocycles. The Bertz CT molecular complexity index is 483. The third-order valence-electron chi connectivity index (χ3n) is 2.76. The van der Waals surface area contributed by atoms with Gasteiger partial charge in [0.05, 0.1) is 6.54 Å². The molecule has 0 bridgehead atoms. The predicted octanol–water partition coefficient (Wildman–Crippen LogP) is 1.93. The minimum Gasteiger partial charge on any atom is -0.478 e. The molecule has 0 radical (unpaired) electrons. The van der Waals surface area contributed by atoms with Crippen molar-refractivity contribution in [2.24, 2.45) is 5.73 Å². The summed E-state index contributed by atoms with van der Waals surface area (Å²) in [6, 6.07) is 1.88. The topological polar surface area (TPSA) is 83.6 Å². The summed E-state index contributed by atoms with van der Waals surface area (Å²) in [5.41, 5.74) is 6.14. The summed E-state index contributed by atoms with van der Waals surface area (Å²) in [6.45, 7) is 3.73. The minimum atomic E-state index is -0.970. The number of hydrogen-bond donors (Lipinski definition) is 2. The third kappa shape index (κ3) is 5.99. The molecular formula is C14H20N2O3S. The highest BCUT2D eigenvalue weighted by atomic mass is 32.1. The molecule has 20 heavy (non-hydrogen) atoms. The van der Waals surface area contributed by atoms with E-state index in [0.717, 1.165) is 35.9 Å². The lowest BCUT2D eigenvalue weighted by Crippen LogP contribution is -2.34. The van der Waals surface area contributed by atoms with Gasteiger partial charge in [-0.2, -0.15) is 0 Å². The van der Waals surface area contributed by atoms with Crippen molar-refractivity contribution in [1.29, 1.82) is 0 Å². The molecular weight excluding hydrogens is 276 g/mol. The van der Waals surface area contributed by atoms with Gasteiger partial charge < -0.3 is 10.8 Å². The predicted molar refractivity (Wildman–Crippen MR) is 80.4 cm³/mol. The van der Waals surface area contributed by atoms with E-state index in [1.165, 1.54) is 0 Å². The first-order valence-electron chi connectivity index (χ1n) is 6.51. The number of primary amides is 1. The maximum absolute atomic E-state index is 11.1. The van der Waals surface area contributed by atoms with Gasteiger partial charge in [-0.3, -0.25) is 9.69 Å². The Balaban J connectivity index is 2.74. The zero-order valence-electron chi connectivity index (χ0n) is 11.5. The van der Waals surface area contributed by atoms with E-state index >= 15 is 0 Å². The third-order valence-corrected chi connectivity index (χ3v) is 3.68. The van der Waals surface area contributed by atoms with Gasteiger partial charge in [0.1, 0.15) is 0 Å². The smallest absolute Gasteiger partial charge is 0.328 e. The number of nitrogens with zero attached hydrogens (tertiary/aromatic N) is 1. The number of aliphatic carboxylic acids is 1. The molecule has 0 fully saturated rings. The summed E-state index contributed by atoms with van der Waals surface area (Å²) < 4.78 is 0. The number of carboxylic acid groups (broad SMARTS) is 1. The molecule has 0 saturated carbocycles. The van der Waals surface area contributed by atoms with E-state index in [9.17, 15) is 9.59 Å². The van der Waals surface area contributed by atoms with Crippen molar-refractivity contribution in [2.75, 3.05) is 13.1 Å². The number of rotatable bonds is 9. The fourth-order valence-electron chi connectivity index (χ4n) is 1.81. The average Bonchev–Trinajstić information content (AvgIpc) is 2.80. The van der Waals surface area contributed by atoms with Gasteiger partial charge in [-0.15, -0.1) is 11.3 Å². The number of carboxylic acids is 1. The molecule has 3 N–H and O–H groups in total. The second-order valence-corrected chi connectivity index (χ2v) is 5.50. The highest BCUT2D eigenvalue weighted by Crippen LogP contribution is 2.20. The summed E-state index contributed by atoms with van der Waals surface area (Å²) in [5.74, 6) is -1.32. The molecule has 5 nitrogen and oxygen atoms in total. The van der Waals surface area contributed by atoms with E-state index in [0.29, 0.717) is 6.54 Å². The van der Waals surface area contributed by atoms with Crippen molar-refractivity contribution in [1.82, 2.24) is 4.90 Å². The quantitative estimate of drug-likeness (QED) is 0.682. The van der Waals surface area contributed by atoms with Crippen LogP contribution in [0.5, 0.6) is 0 Å². The number of carbonyl (C=O) groups is 2. The normalized spacial score (nSPS) is 11.3. The van der Waals surface area contributed by atoms with Gasteiger partial charge in [0, 0.05) is 17.5 Å². The number of carbonyl (C=O) groups excluding carboxylic acids is 1. The molecule has 110 valence electrons. The van der Waals surface area contributed by atoms with Crippen LogP contribution in [0.25, 0.3) is 6.08 Å². The van der Waals surface area contributed by atoms with E-state index in [1.54, 1.807) is 17.4 Å². The minimum absolute atomic E-state index is 0.222. The Hall–Kier alpha value is -1.66. The first kappa shape index (κ1) is 16.4. The molecule has 6 heteroatoms. The number of nitrogens with two attached hydrogens (primary N) is 1. The summed E-state index contributed by atoms with van der Waals surface area (Å²) in [4.78, 5) is 24.7. The van der Waals surface area contributed by atoms with Crippen molar-refractivity contribution >= 4 is 29.3 Å². The van der Waals surface area contributed by atoms with Crippen molar-refractivity contribution in [3.05, 3.63) is 28.0 Å². The monoisotopic (exact) mass is 296 g/mol. The van der Waals surface area contributed by atoms with E-state index in [2.05, 4.69) is 6.92 Å². The molecule has 1 rings (SSSR count). The van der Waals surface area contributed by atoms with Crippen LogP contribution < -0.4 is 5.73 Å². The standard InChI is InChI=1S/C14H20N2O3S/c1-2-3-7-16(10-13(15)17)9-12-11(6-8-20-12)4-5-14(18)19/h4-6,8H,2-3,7,9-10H2,1H3,(H2,15,17)(H,18,19). The van der Waals surface area contributed by atoms with Crippen LogP contribution in [0.2, 0.25) is 0 Å². The van der Waals surface area contributed by atoms with Gasteiger partial charge in [0.25, 0.3) is 0 Å². The van der Waals surface area contributed by atoms with Gasteiger partial charge in [0.15, 0.2) is 0 Å². The Morgan fingerprint density at radius 3 is 2.85 bits per heavy atom. The van der Waals surface area contributed by atoms with E-state index in [-0.39, 0.29) is 12.5 Å². The number of thiophene rings is 1. The lowest BCUT2D eigenvalue weighted by atomic mass is 10.2. The molecule has 0 aliphatic rings. The summed E-state index contributed by atoms with van der Waals surface area (Å²) >= 11 is 1.55. The Morgan fingerprint density at radius 2 is 2.25 bits per heavy atom. The van der Waals surface area contributed by atoms with Crippen LogP contribution in [-0.4, -0.2) is 35.0 Å². The molecule has 1 amide bonds. The van der Waals surface area contributed by atoms with Crippen molar-refractivity contribution < 1.29 is 14.7 Å². The molecule has 0 aliphatic heterocycles. The Morgan fingerprint density at radius 1 is 1.50 bits per heavy atom. The lowest BCUT2D eigenvalue weighted by molar-refractivity contribution is -0.131. The summed E-state index contributed by atoms with van der Waals surface area (Å²) in [6.07, 6.45) is 4.75. The second-order valence-electron chi connectivity index (χ2n) is 4.50. The second kappa shape index (κ2) is 8.50. The van der Waals surface area contributed by atoms with Crippen molar-refractivity contribution in [2.45, 2.75) is 26.3 Å². The van der Waals surface area contributed by atoms with Crippen molar-refractivity contribution in [3.8, 4) is 0 Å². The molecule has 1 aromatic rings. The fourth-order valence-corrected chi connectivity index (χ4v) is 2.72. The molecule has 0 spiro atoms. The van der Waals surface area contributed by atoms with E-state index in [1.807, 2.05) is 16.3 Å². The highest BCUT2D eigenvalue weighted by Gasteiger charge is 2.11. The summed E-state index contributed by atoms with van der Waals surface area (Å²) in [5, 5.41) is 10.6. The van der Waals surface area contributed by atoms with Crippen LogP contribution in [0.15, 0.2) is 17.5 Å². The molecule has 1 heterocycles. The van der Waals surface area contributed by atoms with Crippen LogP contribution in [-0.2, 0) is 16.1 Å². The van der Waals surface area contributed by atoms with E-state index in [4.69, 9.17) is 10.8 Å².